The van der Waals surface area contributed by atoms with Crippen LogP contribution in [0.2, 0.25) is 0 Å². The van der Waals surface area contributed by atoms with Gasteiger partial charge in [-0.3, -0.25) is 0 Å². The average Bonchev–Trinajstić information content (AvgIpc) is 2.74. The minimum Gasteiger partial charge on any atom is -0.462 e. The Bertz CT molecular complexity index is 1040. The third kappa shape index (κ3) is 3.85. The van der Waals surface area contributed by atoms with Crippen molar-refractivity contribution in [3.8, 4) is 0 Å². The summed E-state index contributed by atoms with van der Waals surface area (Å²) in [6.45, 7) is 9.17. The molecule has 1 fully saturated rings. The number of para-hydroxylation sites is 1. The van der Waals surface area contributed by atoms with E-state index in [2.05, 4.69) is 44.9 Å². The van der Waals surface area contributed by atoms with E-state index >= 15 is 0 Å². The van der Waals surface area contributed by atoms with Crippen LogP contribution in [0.5, 0.6) is 0 Å². The largest absolute Gasteiger partial charge is 0.462 e. The number of aromatic nitrogens is 3. The van der Waals surface area contributed by atoms with E-state index in [1.165, 1.54) is 10.9 Å². The van der Waals surface area contributed by atoms with E-state index in [4.69, 9.17) is 9.72 Å². The molecule has 1 saturated heterocycles. The molecule has 0 N–H and O–H groups in total. The highest BCUT2D eigenvalue weighted by molar-refractivity contribution is 5.94. The van der Waals surface area contributed by atoms with Crippen LogP contribution in [0.3, 0.4) is 0 Å². The maximum Gasteiger partial charge on any atom is 0.343 e. The van der Waals surface area contributed by atoms with E-state index in [1.54, 1.807) is 13.1 Å². The lowest BCUT2D eigenvalue weighted by Crippen LogP contribution is -2.47. The summed E-state index contributed by atoms with van der Waals surface area (Å²) in [7, 11) is 0. The zero-order valence-corrected chi connectivity index (χ0v) is 17.1. The number of hydrogen-bond acceptors (Lipinski definition) is 7. The number of esters is 1. The number of rotatable bonds is 4. The Kier molecular flexibility index (Phi) is 5.29. The van der Waals surface area contributed by atoms with Crippen molar-refractivity contribution in [1.29, 1.82) is 0 Å². The molecule has 0 aliphatic carbocycles. The van der Waals surface area contributed by atoms with E-state index in [-0.39, 0.29) is 5.97 Å². The molecule has 7 heteroatoms. The van der Waals surface area contributed by atoms with Crippen LogP contribution in [-0.2, 0) is 4.74 Å². The van der Waals surface area contributed by atoms with Crippen LogP contribution < -0.4 is 9.80 Å². The van der Waals surface area contributed by atoms with Crippen molar-refractivity contribution < 1.29 is 9.53 Å². The first kappa shape index (κ1) is 19.1. The molecule has 150 valence electrons. The second-order valence-electron chi connectivity index (χ2n) is 7.16. The molecule has 3 aromatic rings. The van der Waals surface area contributed by atoms with Gasteiger partial charge in [0.1, 0.15) is 23.0 Å². The molecule has 7 nitrogen and oxygen atoms in total. The molecular weight excluding hydrogens is 366 g/mol. The third-order valence-electron chi connectivity index (χ3n) is 5.20. The van der Waals surface area contributed by atoms with Gasteiger partial charge in [0.05, 0.1) is 12.1 Å². The second kappa shape index (κ2) is 8.03. The van der Waals surface area contributed by atoms with E-state index in [0.717, 1.165) is 37.5 Å². The molecule has 0 spiro atoms. The van der Waals surface area contributed by atoms with Crippen molar-refractivity contribution in [3.63, 3.8) is 0 Å². The molecule has 4 rings (SSSR count). The van der Waals surface area contributed by atoms with E-state index in [1.807, 2.05) is 19.1 Å². The number of anilines is 2. The number of carbonyl (C=O) groups is 1. The first-order valence-electron chi connectivity index (χ1n) is 9.94. The van der Waals surface area contributed by atoms with Crippen molar-refractivity contribution in [2.45, 2.75) is 20.8 Å². The molecule has 2 aromatic heterocycles. The zero-order valence-electron chi connectivity index (χ0n) is 17.1. The molecule has 1 aromatic carbocycles. The number of aryl methyl sites for hydroxylation is 2. The van der Waals surface area contributed by atoms with Crippen molar-refractivity contribution in [2.75, 3.05) is 42.6 Å². The molecule has 1 aliphatic rings. The van der Waals surface area contributed by atoms with Gasteiger partial charge in [0, 0.05) is 37.8 Å². The lowest BCUT2D eigenvalue weighted by Gasteiger charge is -2.36. The lowest BCUT2D eigenvalue weighted by atomic mass is 10.1. The zero-order chi connectivity index (χ0) is 20.4. The number of benzene rings is 1. The number of pyridine rings is 1. The molecule has 29 heavy (non-hydrogen) atoms. The SMILES string of the molecule is CCOC(=O)c1cnc(C)nc1N1CCN(c2cc(C)c3ccccc3n2)CC1. The number of carbonyl (C=O) groups excluding carboxylic acids is 1. The monoisotopic (exact) mass is 391 g/mol. The Hall–Kier alpha value is -3.22. The quantitative estimate of drug-likeness (QED) is 0.633. The third-order valence-corrected chi connectivity index (χ3v) is 5.20. The predicted molar refractivity (Wildman–Crippen MR) is 114 cm³/mol. The first-order chi connectivity index (χ1) is 14.1. The van der Waals surface area contributed by atoms with Crippen LogP contribution in [0.15, 0.2) is 36.5 Å². The summed E-state index contributed by atoms with van der Waals surface area (Å²) in [4.78, 5) is 30.3. The minimum absolute atomic E-state index is 0.326. The van der Waals surface area contributed by atoms with Crippen LogP contribution in [0.25, 0.3) is 10.9 Å². The molecule has 0 bridgehead atoms. The maximum absolute atomic E-state index is 12.3. The molecule has 0 atom stereocenters. The first-order valence-corrected chi connectivity index (χ1v) is 9.94. The van der Waals surface area contributed by atoms with Crippen LogP contribution in [0.1, 0.15) is 28.7 Å². The van der Waals surface area contributed by atoms with Gasteiger partial charge < -0.3 is 14.5 Å². The molecule has 3 heterocycles. The highest BCUT2D eigenvalue weighted by atomic mass is 16.5. The Labute approximate surface area is 170 Å². The van der Waals surface area contributed by atoms with E-state index in [9.17, 15) is 4.79 Å². The predicted octanol–water partition coefficient (Wildman–Crippen LogP) is 3.14. The Morgan fingerprint density at radius 1 is 1.07 bits per heavy atom. The summed E-state index contributed by atoms with van der Waals surface area (Å²) in [5, 5.41) is 1.19. The molecule has 0 saturated carbocycles. The maximum atomic E-state index is 12.3. The summed E-state index contributed by atoms with van der Waals surface area (Å²) in [5.41, 5.74) is 2.66. The van der Waals surface area contributed by atoms with Gasteiger partial charge in [-0.05, 0) is 38.5 Å². The van der Waals surface area contributed by atoms with Gasteiger partial charge in [-0.2, -0.15) is 0 Å². The van der Waals surface area contributed by atoms with Gasteiger partial charge >= 0.3 is 5.97 Å². The Balaban J connectivity index is 1.55. The molecular formula is C22H25N5O2. The topological polar surface area (TPSA) is 71.5 Å². The highest BCUT2D eigenvalue weighted by Gasteiger charge is 2.25. The second-order valence-corrected chi connectivity index (χ2v) is 7.16. The Morgan fingerprint density at radius 3 is 2.55 bits per heavy atom. The summed E-state index contributed by atoms with van der Waals surface area (Å²) < 4.78 is 5.18. The summed E-state index contributed by atoms with van der Waals surface area (Å²) in [6, 6.07) is 10.4. The Morgan fingerprint density at radius 2 is 1.79 bits per heavy atom. The fraction of sp³-hybridized carbons (Fsp3) is 0.364. The van der Waals surface area contributed by atoms with E-state index < -0.39 is 0 Å². The van der Waals surface area contributed by atoms with Crippen molar-refractivity contribution >= 4 is 28.5 Å². The van der Waals surface area contributed by atoms with Crippen LogP contribution in [0.4, 0.5) is 11.6 Å². The molecule has 0 unspecified atom stereocenters. The van der Waals surface area contributed by atoms with Crippen molar-refractivity contribution in [2.24, 2.45) is 0 Å². The summed E-state index contributed by atoms with van der Waals surface area (Å²) in [6.07, 6.45) is 1.57. The van der Waals surface area contributed by atoms with Crippen molar-refractivity contribution in [1.82, 2.24) is 15.0 Å². The lowest BCUT2D eigenvalue weighted by molar-refractivity contribution is 0.0526. The average molecular weight is 391 g/mol. The number of ether oxygens (including phenoxy) is 1. The standard InChI is InChI=1S/C22H25N5O2/c1-4-29-22(28)18-14-23-16(3)24-21(18)27-11-9-26(10-12-27)20-13-15(2)17-7-5-6-8-19(17)25-20/h5-8,13-14H,4,9-12H2,1-3H3. The molecule has 0 amide bonds. The highest BCUT2D eigenvalue weighted by Crippen LogP contribution is 2.25. The normalized spacial score (nSPS) is 14.3. The summed E-state index contributed by atoms with van der Waals surface area (Å²) >= 11 is 0. The molecule has 1 aliphatic heterocycles. The van der Waals surface area contributed by atoms with Gasteiger partial charge in [-0.25, -0.2) is 19.7 Å². The smallest absolute Gasteiger partial charge is 0.343 e. The van der Waals surface area contributed by atoms with Gasteiger partial charge in [0.2, 0.25) is 0 Å². The van der Waals surface area contributed by atoms with Gasteiger partial charge in [-0.1, -0.05) is 18.2 Å². The van der Waals surface area contributed by atoms with Crippen molar-refractivity contribution in [3.05, 3.63) is 53.5 Å². The van der Waals surface area contributed by atoms with Gasteiger partial charge in [0.15, 0.2) is 0 Å². The number of hydrogen-bond donors (Lipinski definition) is 0. The van der Waals surface area contributed by atoms with Gasteiger partial charge in [0.25, 0.3) is 0 Å². The minimum atomic E-state index is -0.378. The number of piperazine rings is 1. The van der Waals surface area contributed by atoms with E-state index in [0.29, 0.717) is 23.8 Å². The number of nitrogens with zero attached hydrogens (tertiary/aromatic N) is 5. The van der Waals surface area contributed by atoms with Crippen LogP contribution in [0, 0.1) is 13.8 Å². The van der Waals surface area contributed by atoms with Crippen LogP contribution in [-0.4, -0.2) is 53.7 Å². The summed E-state index contributed by atoms with van der Waals surface area (Å²) in [5.74, 6) is 1.91. The number of fused-ring (bicyclic) bond motifs is 1. The van der Waals surface area contributed by atoms with Gasteiger partial charge in [-0.15, -0.1) is 0 Å². The fourth-order valence-corrected chi connectivity index (χ4v) is 3.69. The van der Waals surface area contributed by atoms with Crippen LogP contribution >= 0.6 is 0 Å². The molecule has 0 radical (unpaired) electrons. The fourth-order valence-electron chi connectivity index (χ4n) is 3.69.